The molecule has 1 aliphatic rings. The number of nitrogens with zero attached hydrogens (tertiary/aromatic N) is 1. The molecule has 5 heteroatoms. The summed E-state index contributed by atoms with van der Waals surface area (Å²) in [4.78, 5) is 26.8. The number of pyridine rings is 1. The number of fused-ring (bicyclic) bond motifs is 1. The van der Waals surface area contributed by atoms with Gasteiger partial charge in [-0.25, -0.2) is 0 Å². The fourth-order valence-corrected chi connectivity index (χ4v) is 2.58. The molecule has 3 rings (SSSR count). The number of amides is 2. The minimum atomic E-state index is -0.360. The Morgan fingerprint density at radius 2 is 2.12 bits per heavy atom. The smallest absolute Gasteiger partial charge is 0.258 e. The maximum absolute atomic E-state index is 11.5. The molecule has 0 aliphatic carbocycles. The molecule has 0 aromatic carbocycles. The third-order valence-corrected chi connectivity index (χ3v) is 3.33. The highest BCUT2D eigenvalue weighted by Gasteiger charge is 2.23. The fraction of sp³-hybridized carbons (Fsp3) is 0. The van der Waals surface area contributed by atoms with E-state index in [9.17, 15) is 9.59 Å². The van der Waals surface area contributed by atoms with Crippen LogP contribution in [0.4, 0.5) is 0 Å². The van der Waals surface area contributed by atoms with E-state index < -0.39 is 0 Å². The highest BCUT2D eigenvalue weighted by Crippen LogP contribution is 2.29. The van der Waals surface area contributed by atoms with Gasteiger partial charge >= 0.3 is 0 Å². The molecule has 0 saturated heterocycles. The molecule has 4 nitrogen and oxygen atoms in total. The van der Waals surface area contributed by atoms with E-state index in [0.29, 0.717) is 5.57 Å². The fourth-order valence-electron chi connectivity index (χ4n) is 1.70. The third kappa shape index (κ3) is 1.25. The van der Waals surface area contributed by atoms with E-state index in [1.807, 2.05) is 11.4 Å². The summed E-state index contributed by atoms with van der Waals surface area (Å²) in [7, 11) is 0. The lowest BCUT2D eigenvalue weighted by molar-refractivity contribution is -0.123. The van der Waals surface area contributed by atoms with Crippen molar-refractivity contribution >= 4 is 38.9 Å². The van der Waals surface area contributed by atoms with Crippen molar-refractivity contribution in [2.75, 3.05) is 0 Å². The van der Waals surface area contributed by atoms with E-state index in [0.717, 1.165) is 15.8 Å². The van der Waals surface area contributed by atoms with Crippen molar-refractivity contribution in [3.8, 4) is 0 Å². The van der Waals surface area contributed by atoms with Crippen molar-refractivity contribution in [2.45, 2.75) is 0 Å². The van der Waals surface area contributed by atoms with Gasteiger partial charge in [0.15, 0.2) is 0 Å². The summed E-state index contributed by atoms with van der Waals surface area (Å²) in [6.45, 7) is 0. The zero-order chi connectivity index (χ0) is 11.1. The summed E-state index contributed by atoms with van der Waals surface area (Å²) in [5.74, 6) is -0.701. The number of imide groups is 1. The zero-order valence-corrected chi connectivity index (χ0v) is 8.88. The topological polar surface area (TPSA) is 59.1 Å². The predicted octanol–water partition coefficient (Wildman–Crippen LogP) is 1.34. The van der Waals surface area contributed by atoms with Crippen molar-refractivity contribution in [3.05, 3.63) is 35.3 Å². The number of thiophene rings is 1. The summed E-state index contributed by atoms with van der Waals surface area (Å²) in [5.41, 5.74) is 2.03. The number of hydrogen-bond acceptors (Lipinski definition) is 4. The lowest BCUT2D eigenvalue weighted by Gasteiger charge is -2.00. The summed E-state index contributed by atoms with van der Waals surface area (Å²) >= 11 is 1.51. The van der Waals surface area contributed by atoms with Crippen LogP contribution in [-0.2, 0) is 9.59 Å². The summed E-state index contributed by atoms with van der Waals surface area (Å²) in [5, 5.41) is 4.15. The van der Waals surface area contributed by atoms with E-state index in [4.69, 9.17) is 0 Å². The van der Waals surface area contributed by atoms with Crippen LogP contribution in [-0.4, -0.2) is 16.8 Å². The Labute approximate surface area is 94.6 Å². The molecule has 78 valence electrons. The molecule has 1 aliphatic heterocycles. The molecule has 2 aromatic heterocycles. The molecular formula is C11H6N2O2S. The van der Waals surface area contributed by atoms with Crippen molar-refractivity contribution in [1.82, 2.24) is 10.3 Å². The van der Waals surface area contributed by atoms with E-state index in [1.165, 1.54) is 17.4 Å². The number of aromatic nitrogens is 1. The normalized spacial score (nSPS) is 15.4. The lowest BCUT2D eigenvalue weighted by atomic mass is 10.1. The number of hydrogen-bond donors (Lipinski definition) is 1. The first-order chi connectivity index (χ1) is 7.75. The zero-order valence-electron chi connectivity index (χ0n) is 8.06. The first-order valence-electron chi connectivity index (χ1n) is 4.65. The molecule has 0 radical (unpaired) electrons. The molecular weight excluding hydrogens is 224 g/mol. The van der Waals surface area contributed by atoms with Crippen molar-refractivity contribution < 1.29 is 9.59 Å². The Kier molecular flexibility index (Phi) is 1.87. The largest absolute Gasteiger partial charge is 0.289 e. The van der Waals surface area contributed by atoms with Crippen LogP contribution in [0.25, 0.3) is 15.8 Å². The van der Waals surface area contributed by atoms with Gasteiger partial charge in [0.1, 0.15) is 0 Å². The van der Waals surface area contributed by atoms with Crippen LogP contribution < -0.4 is 5.32 Å². The maximum Gasteiger partial charge on any atom is 0.258 e. The Morgan fingerprint density at radius 1 is 1.25 bits per heavy atom. The van der Waals surface area contributed by atoms with Crippen LogP contribution >= 0.6 is 11.3 Å². The van der Waals surface area contributed by atoms with Crippen LogP contribution in [0, 0.1) is 0 Å². The summed E-state index contributed by atoms with van der Waals surface area (Å²) in [6.07, 6.45) is 2.97. The van der Waals surface area contributed by atoms with Crippen LogP contribution in [0.3, 0.4) is 0 Å². The Morgan fingerprint density at radius 3 is 2.88 bits per heavy atom. The molecule has 0 atom stereocenters. The Balaban J connectivity index is 2.27. The first-order valence-corrected chi connectivity index (χ1v) is 5.53. The molecule has 3 heterocycles. The van der Waals surface area contributed by atoms with Gasteiger partial charge in [-0.15, -0.1) is 11.3 Å². The van der Waals surface area contributed by atoms with E-state index in [-0.39, 0.29) is 11.8 Å². The van der Waals surface area contributed by atoms with Gasteiger partial charge < -0.3 is 0 Å². The standard InChI is InChI=1S/C11H6N2O2S/c14-9-5-7(11(15)13-9)6-1-3-12-8-2-4-16-10(6)8/h1-5H,(H,13,14,15). The second-order valence-corrected chi connectivity index (χ2v) is 4.29. The van der Waals surface area contributed by atoms with Crippen molar-refractivity contribution in [1.29, 1.82) is 0 Å². The number of rotatable bonds is 1. The van der Waals surface area contributed by atoms with Crippen LogP contribution in [0.15, 0.2) is 29.8 Å². The second kappa shape index (κ2) is 3.24. The van der Waals surface area contributed by atoms with Crippen molar-refractivity contribution in [2.24, 2.45) is 0 Å². The SMILES string of the molecule is O=C1C=C(c2ccnc3ccsc23)C(=O)N1. The van der Waals surface area contributed by atoms with E-state index >= 15 is 0 Å². The van der Waals surface area contributed by atoms with E-state index in [1.54, 1.807) is 12.3 Å². The quantitative estimate of drug-likeness (QED) is 0.752. The molecule has 1 N–H and O–H groups in total. The van der Waals surface area contributed by atoms with Crippen LogP contribution in [0.5, 0.6) is 0 Å². The first kappa shape index (κ1) is 9.23. The number of carbonyl (C=O) groups excluding carboxylic acids is 2. The average Bonchev–Trinajstić information content (AvgIpc) is 2.84. The predicted molar refractivity (Wildman–Crippen MR) is 60.7 cm³/mol. The highest BCUT2D eigenvalue weighted by molar-refractivity contribution is 7.17. The Hall–Kier alpha value is -2.01. The molecule has 0 bridgehead atoms. The van der Waals surface area contributed by atoms with Gasteiger partial charge in [0.2, 0.25) is 0 Å². The summed E-state index contributed by atoms with van der Waals surface area (Å²) < 4.78 is 0.929. The number of nitrogens with one attached hydrogen (secondary N) is 1. The van der Waals surface area contributed by atoms with Gasteiger partial charge in [0.05, 0.1) is 15.8 Å². The average molecular weight is 230 g/mol. The minimum absolute atomic E-state index is 0.342. The molecule has 0 fully saturated rings. The van der Waals surface area contributed by atoms with Crippen molar-refractivity contribution in [3.63, 3.8) is 0 Å². The second-order valence-electron chi connectivity index (χ2n) is 3.37. The Bertz CT molecular complexity index is 642. The third-order valence-electron chi connectivity index (χ3n) is 2.39. The van der Waals surface area contributed by atoms with Gasteiger partial charge in [-0.2, -0.15) is 0 Å². The lowest BCUT2D eigenvalue weighted by Crippen LogP contribution is -2.21. The van der Waals surface area contributed by atoms with Gasteiger partial charge in [-0.1, -0.05) is 0 Å². The minimum Gasteiger partial charge on any atom is -0.289 e. The van der Waals surface area contributed by atoms with Gasteiger partial charge in [-0.3, -0.25) is 19.9 Å². The molecule has 2 amide bonds. The number of carbonyl (C=O) groups is 2. The van der Waals surface area contributed by atoms with Gasteiger partial charge in [-0.05, 0) is 17.5 Å². The van der Waals surface area contributed by atoms with Gasteiger partial charge in [0.25, 0.3) is 11.8 Å². The monoisotopic (exact) mass is 230 g/mol. The van der Waals surface area contributed by atoms with Crippen LogP contribution in [0.1, 0.15) is 5.56 Å². The highest BCUT2D eigenvalue weighted by atomic mass is 32.1. The summed E-state index contributed by atoms with van der Waals surface area (Å²) in [6, 6.07) is 3.64. The molecule has 2 aromatic rings. The van der Waals surface area contributed by atoms with Crippen LogP contribution in [0.2, 0.25) is 0 Å². The molecule has 0 unspecified atom stereocenters. The van der Waals surface area contributed by atoms with Gasteiger partial charge in [0, 0.05) is 17.8 Å². The molecule has 0 spiro atoms. The maximum atomic E-state index is 11.5. The molecule has 16 heavy (non-hydrogen) atoms. The molecule has 0 saturated carbocycles. The van der Waals surface area contributed by atoms with E-state index in [2.05, 4.69) is 10.3 Å².